The molecule has 3 N–H and O–H groups in total. The number of carbonyl (C=O) groups excluding carboxylic acids is 2. The summed E-state index contributed by atoms with van der Waals surface area (Å²) in [7, 11) is 0. The Kier molecular flexibility index (Phi) is 10.8. The average molecular weight is 725 g/mol. The number of esters is 1. The van der Waals surface area contributed by atoms with Gasteiger partial charge in [-0.3, -0.25) is 14.4 Å². The number of hydrogen-bond acceptors (Lipinski definition) is 7. The number of likely N-dealkylation sites (tertiary alicyclic amines) is 1. The minimum absolute atomic E-state index is 0.0201. The summed E-state index contributed by atoms with van der Waals surface area (Å²) in [6.45, 7) is 24.7. The molecule has 0 aromatic rings. The minimum atomic E-state index is -1.16. The van der Waals surface area contributed by atoms with Crippen molar-refractivity contribution in [3.05, 3.63) is 11.1 Å². The number of ketones is 1. The van der Waals surface area contributed by atoms with Crippen molar-refractivity contribution >= 4 is 17.7 Å². The number of aliphatic carboxylic acids is 1. The maximum Gasteiger partial charge on any atom is 0.309 e. The van der Waals surface area contributed by atoms with Gasteiger partial charge in [-0.2, -0.15) is 0 Å². The number of Topliss-reactive ketones (excluding diaryl/α,β-unsaturated/α-hetero) is 1. The van der Waals surface area contributed by atoms with Crippen LogP contribution in [0.1, 0.15) is 146 Å². The standard InChI is InChI=1S/C44H72N2O6/c1-28(2)36-30(47)25-44(33(48)27-45-21-12-24-46-22-10-11-23-46)20-19-42(8)29(37(36)44)13-14-32-41(7)17-16-34(52-35(49)26-39(3,4)38(50)51)40(5,6)31(41)15-18-43(32,42)9/h28-29,31-34,45,48H,10-27H2,1-9H3,(H,50,51). The lowest BCUT2D eigenvalue weighted by Crippen LogP contribution is -2.66. The van der Waals surface area contributed by atoms with Crippen molar-refractivity contribution in [1.29, 1.82) is 0 Å². The summed E-state index contributed by atoms with van der Waals surface area (Å²) in [5.41, 5.74) is 0.697. The van der Waals surface area contributed by atoms with E-state index in [1.807, 2.05) is 0 Å². The van der Waals surface area contributed by atoms with Gasteiger partial charge in [-0.15, -0.1) is 0 Å². The van der Waals surface area contributed by atoms with Crippen LogP contribution in [-0.2, 0) is 19.1 Å². The van der Waals surface area contributed by atoms with E-state index in [0.717, 1.165) is 76.5 Å². The van der Waals surface area contributed by atoms with Gasteiger partial charge >= 0.3 is 11.9 Å². The van der Waals surface area contributed by atoms with E-state index in [2.05, 4.69) is 58.7 Å². The van der Waals surface area contributed by atoms with Crippen LogP contribution in [-0.4, -0.2) is 77.8 Å². The number of aliphatic hydroxyl groups excluding tert-OH is 1. The lowest BCUT2D eigenvalue weighted by Gasteiger charge is -2.72. The molecule has 1 saturated heterocycles. The highest BCUT2D eigenvalue weighted by Crippen LogP contribution is 2.77. The topological polar surface area (TPSA) is 116 Å². The highest BCUT2D eigenvalue weighted by atomic mass is 16.5. The van der Waals surface area contributed by atoms with Crippen LogP contribution >= 0.6 is 0 Å². The number of carboxylic acid groups (broad SMARTS) is 1. The van der Waals surface area contributed by atoms with Gasteiger partial charge in [0, 0.05) is 23.8 Å². The fourth-order valence-electron chi connectivity index (χ4n) is 13.8. The third kappa shape index (κ3) is 6.34. The van der Waals surface area contributed by atoms with Crippen molar-refractivity contribution in [2.24, 2.45) is 56.2 Å². The number of carboxylic acids is 1. The summed E-state index contributed by atoms with van der Waals surface area (Å²) >= 11 is 0. The monoisotopic (exact) mass is 725 g/mol. The van der Waals surface area contributed by atoms with Crippen LogP contribution in [0.15, 0.2) is 11.1 Å². The Morgan fingerprint density at radius 2 is 1.63 bits per heavy atom. The van der Waals surface area contributed by atoms with E-state index in [1.54, 1.807) is 13.8 Å². The Bertz CT molecular complexity index is 1430. The zero-order valence-corrected chi connectivity index (χ0v) is 34.2. The first-order chi connectivity index (χ1) is 24.2. The summed E-state index contributed by atoms with van der Waals surface area (Å²) in [5.74, 6) is 0.210. The van der Waals surface area contributed by atoms with Crippen LogP contribution in [0.25, 0.3) is 0 Å². The van der Waals surface area contributed by atoms with E-state index in [-0.39, 0.29) is 45.9 Å². The summed E-state index contributed by atoms with van der Waals surface area (Å²) in [4.78, 5) is 41.4. The molecule has 6 aliphatic rings. The average Bonchev–Trinajstić information content (AvgIpc) is 3.68. The molecule has 0 radical (unpaired) electrons. The van der Waals surface area contributed by atoms with Gasteiger partial charge in [0.25, 0.3) is 0 Å². The Morgan fingerprint density at radius 3 is 2.29 bits per heavy atom. The molecule has 9 atom stereocenters. The normalized spacial score (nSPS) is 39.5. The molecule has 294 valence electrons. The maximum absolute atomic E-state index is 14.0. The van der Waals surface area contributed by atoms with Crippen LogP contribution in [0.3, 0.4) is 0 Å². The van der Waals surface area contributed by atoms with Gasteiger partial charge in [0.15, 0.2) is 5.78 Å². The smallest absolute Gasteiger partial charge is 0.309 e. The van der Waals surface area contributed by atoms with Crippen molar-refractivity contribution in [2.45, 2.75) is 158 Å². The number of hydrogen-bond donors (Lipinski definition) is 3. The molecule has 5 aliphatic carbocycles. The van der Waals surface area contributed by atoms with Crippen molar-refractivity contribution < 1.29 is 29.3 Å². The highest BCUT2D eigenvalue weighted by Gasteiger charge is 2.70. The maximum atomic E-state index is 14.0. The van der Waals surface area contributed by atoms with E-state index in [1.165, 1.54) is 31.5 Å². The van der Waals surface area contributed by atoms with Gasteiger partial charge in [-0.25, -0.2) is 0 Å². The van der Waals surface area contributed by atoms with E-state index in [9.17, 15) is 24.6 Å². The largest absolute Gasteiger partial charge is 0.481 e. The zero-order chi connectivity index (χ0) is 38.1. The molecular formula is C44H72N2O6. The molecule has 5 fully saturated rings. The summed E-state index contributed by atoms with van der Waals surface area (Å²) < 4.78 is 6.17. The van der Waals surface area contributed by atoms with Crippen LogP contribution in [0.5, 0.6) is 0 Å². The first-order valence-corrected chi connectivity index (χ1v) is 21.1. The number of aliphatic hydroxyl groups is 1. The second-order valence-electron chi connectivity index (χ2n) is 20.7. The Labute approximate surface area is 314 Å². The number of fused-ring (bicyclic) bond motifs is 7. The zero-order valence-electron chi connectivity index (χ0n) is 34.2. The molecular weight excluding hydrogens is 652 g/mol. The van der Waals surface area contributed by atoms with Crippen molar-refractivity contribution in [1.82, 2.24) is 10.2 Å². The molecule has 1 aliphatic heterocycles. The Balaban J connectivity index is 1.22. The number of nitrogens with one attached hydrogen (secondary N) is 1. The molecule has 0 aromatic heterocycles. The van der Waals surface area contributed by atoms with Gasteiger partial charge in [0.2, 0.25) is 0 Å². The van der Waals surface area contributed by atoms with Crippen molar-refractivity contribution in [3.8, 4) is 0 Å². The molecule has 6 rings (SSSR count). The molecule has 4 saturated carbocycles. The predicted molar refractivity (Wildman–Crippen MR) is 205 cm³/mol. The second kappa shape index (κ2) is 14.1. The number of carbonyl (C=O) groups is 3. The van der Waals surface area contributed by atoms with Gasteiger partial charge in [-0.1, -0.05) is 54.0 Å². The third-order valence-corrected chi connectivity index (χ3v) is 16.9. The molecule has 52 heavy (non-hydrogen) atoms. The van der Waals surface area contributed by atoms with Gasteiger partial charge < -0.3 is 25.2 Å². The first kappa shape index (κ1) is 39.9. The van der Waals surface area contributed by atoms with Gasteiger partial charge in [0.05, 0.1) is 17.9 Å². The number of allylic oxidation sites excluding steroid dienone is 1. The summed E-state index contributed by atoms with van der Waals surface area (Å²) in [6.07, 6.45) is 11.3. The molecule has 0 spiro atoms. The fourth-order valence-corrected chi connectivity index (χ4v) is 13.8. The molecule has 0 amide bonds. The quantitative estimate of drug-likeness (QED) is 0.138. The molecule has 8 heteroatoms. The minimum Gasteiger partial charge on any atom is -0.481 e. The lowest BCUT2D eigenvalue weighted by atomic mass is 9.33. The second-order valence-corrected chi connectivity index (χ2v) is 20.7. The van der Waals surface area contributed by atoms with E-state index < -0.39 is 28.9 Å². The molecule has 8 nitrogen and oxygen atoms in total. The van der Waals surface area contributed by atoms with E-state index in [0.29, 0.717) is 30.7 Å². The van der Waals surface area contributed by atoms with Gasteiger partial charge in [0.1, 0.15) is 6.10 Å². The summed E-state index contributed by atoms with van der Waals surface area (Å²) in [6, 6.07) is 0. The SMILES string of the molecule is CC(C)C1=C2C3CCC4C5(C)CCC(OC(=O)CC(C)(C)C(=O)O)C(C)(C)C5CCC4(C)C3(C)CCC2(C(O)CNCCCN2CCCC2)CC1=O. The Hall–Kier alpha value is -1.77. The first-order valence-electron chi connectivity index (χ1n) is 21.1. The fraction of sp³-hybridized carbons (Fsp3) is 0.886. The van der Waals surface area contributed by atoms with E-state index >= 15 is 0 Å². The Morgan fingerprint density at radius 1 is 0.942 bits per heavy atom. The van der Waals surface area contributed by atoms with Crippen LogP contribution < -0.4 is 5.32 Å². The van der Waals surface area contributed by atoms with Gasteiger partial charge in [-0.05, 0) is 156 Å². The number of rotatable bonds is 12. The van der Waals surface area contributed by atoms with Crippen LogP contribution in [0.2, 0.25) is 0 Å². The lowest BCUT2D eigenvalue weighted by molar-refractivity contribution is -0.235. The molecule has 0 aromatic carbocycles. The number of ether oxygens (including phenoxy) is 1. The molecule has 0 bridgehead atoms. The van der Waals surface area contributed by atoms with Crippen LogP contribution in [0, 0.1) is 56.2 Å². The third-order valence-electron chi connectivity index (χ3n) is 16.9. The molecule has 1 heterocycles. The van der Waals surface area contributed by atoms with Crippen molar-refractivity contribution in [3.63, 3.8) is 0 Å². The van der Waals surface area contributed by atoms with Crippen LogP contribution in [0.4, 0.5) is 0 Å². The van der Waals surface area contributed by atoms with E-state index in [4.69, 9.17) is 4.74 Å². The predicted octanol–water partition coefficient (Wildman–Crippen LogP) is 7.82. The molecule has 9 unspecified atom stereocenters. The summed E-state index contributed by atoms with van der Waals surface area (Å²) in [5, 5.41) is 25.4. The highest BCUT2D eigenvalue weighted by molar-refractivity contribution is 6.00. The van der Waals surface area contributed by atoms with Crippen molar-refractivity contribution in [2.75, 3.05) is 32.7 Å². The number of nitrogens with zero attached hydrogens (tertiary/aromatic N) is 1.